The van der Waals surface area contributed by atoms with Crippen LogP contribution in [0, 0.1) is 0 Å². The monoisotopic (exact) mass is 407 g/mol. The molecule has 148 valence electrons. The molecule has 2 aliphatic heterocycles. The molecule has 1 aromatic heterocycles. The van der Waals surface area contributed by atoms with Crippen molar-refractivity contribution in [2.24, 2.45) is 0 Å². The van der Waals surface area contributed by atoms with Gasteiger partial charge in [0, 0.05) is 36.8 Å². The Labute approximate surface area is 175 Å². The summed E-state index contributed by atoms with van der Waals surface area (Å²) in [4.78, 5) is 30.1. The number of anilines is 1. The molecule has 2 aromatic rings. The molecule has 0 spiro atoms. The van der Waals surface area contributed by atoms with Crippen molar-refractivity contribution in [3.63, 3.8) is 0 Å². The van der Waals surface area contributed by atoms with Crippen LogP contribution < -0.4 is 5.32 Å². The van der Waals surface area contributed by atoms with E-state index in [0.29, 0.717) is 25.2 Å². The van der Waals surface area contributed by atoms with E-state index < -0.39 is 0 Å². The Balaban J connectivity index is 1.34. The highest BCUT2D eigenvalue weighted by Crippen LogP contribution is 2.22. The third-order valence-corrected chi connectivity index (χ3v) is 5.50. The summed E-state index contributed by atoms with van der Waals surface area (Å²) in [6.45, 7) is 1.34. The molecule has 0 bridgehead atoms. The van der Waals surface area contributed by atoms with Crippen LogP contribution in [0.15, 0.2) is 54.3 Å². The molecule has 0 unspecified atom stereocenters. The van der Waals surface area contributed by atoms with Crippen LogP contribution in [0.2, 0.25) is 5.02 Å². The molecule has 1 N–H and O–H groups in total. The average molecular weight is 408 g/mol. The summed E-state index contributed by atoms with van der Waals surface area (Å²) < 4.78 is 0. The molecular weight excluding hydrogens is 386 g/mol. The van der Waals surface area contributed by atoms with Gasteiger partial charge in [0.1, 0.15) is 5.82 Å². The Morgan fingerprint density at radius 3 is 2.79 bits per heavy atom. The lowest BCUT2D eigenvalue weighted by atomic mass is 9.99. The fourth-order valence-corrected chi connectivity index (χ4v) is 3.70. The fraction of sp³-hybridized carbons (Fsp3) is 0.261. The zero-order chi connectivity index (χ0) is 20.2. The van der Waals surface area contributed by atoms with Crippen LogP contribution in [0.25, 0.3) is 6.08 Å². The van der Waals surface area contributed by atoms with Crippen molar-refractivity contribution < 1.29 is 9.59 Å². The number of fused-ring (bicyclic) bond motifs is 1. The number of aryl methyl sites for hydroxylation is 1. The van der Waals surface area contributed by atoms with Crippen LogP contribution in [0.1, 0.15) is 29.5 Å². The third-order valence-electron chi connectivity index (χ3n) is 5.24. The fourth-order valence-electron chi connectivity index (χ4n) is 3.58. The molecule has 4 rings (SSSR count). The second-order valence-electron chi connectivity index (χ2n) is 7.36. The van der Waals surface area contributed by atoms with E-state index in [4.69, 9.17) is 11.6 Å². The van der Waals surface area contributed by atoms with E-state index in [9.17, 15) is 9.59 Å². The van der Waals surface area contributed by atoms with Crippen molar-refractivity contribution in [2.75, 3.05) is 18.4 Å². The van der Waals surface area contributed by atoms with E-state index in [2.05, 4.69) is 16.4 Å². The van der Waals surface area contributed by atoms with Gasteiger partial charge >= 0.3 is 0 Å². The molecule has 0 aliphatic carbocycles. The zero-order valence-corrected chi connectivity index (χ0v) is 16.8. The number of rotatable bonds is 4. The molecule has 3 heterocycles. The third kappa shape index (κ3) is 4.93. The second-order valence-corrected chi connectivity index (χ2v) is 7.79. The van der Waals surface area contributed by atoms with Gasteiger partial charge in [-0.3, -0.25) is 9.59 Å². The Morgan fingerprint density at radius 2 is 2.03 bits per heavy atom. The Bertz CT molecular complexity index is 996. The smallest absolute Gasteiger partial charge is 0.246 e. The number of carbonyl (C=O) groups is 2. The number of pyridine rings is 1. The molecule has 0 atom stereocenters. The molecule has 29 heavy (non-hydrogen) atoms. The standard InChI is InChI=1S/C23H22ClN3O2/c24-20-5-1-16(2-6-20)13-17-9-11-27(12-10-17)22(29)8-3-18-14-19-4-7-21(28)26-23(19)25-15-18/h1-3,5-6,8-9,14-15H,4,7,10-13H2,(H,25,26,28). The maximum Gasteiger partial charge on any atom is 0.246 e. The maximum atomic E-state index is 12.5. The lowest BCUT2D eigenvalue weighted by Crippen LogP contribution is -2.33. The molecule has 0 radical (unpaired) electrons. The first-order chi connectivity index (χ1) is 14.1. The van der Waals surface area contributed by atoms with Gasteiger partial charge in [0.25, 0.3) is 0 Å². The number of aromatic nitrogens is 1. The van der Waals surface area contributed by atoms with Gasteiger partial charge in [0.05, 0.1) is 0 Å². The predicted molar refractivity (Wildman–Crippen MR) is 115 cm³/mol. The second kappa shape index (κ2) is 8.62. The van der Waals surface area contributed by atoms with Crippen molar-refractivity contribution in [3.8, 4) is 0 Å². The molecule has 1 aromatic carbocycles. The lowest BCUT2D eigenvalue weighted by molar-refractivity contribution is -0.125. The lowest BCUT2D eigenvalue weighted by Gasteiger charge is -2.25. The summed E-state index contributed by atoms with van der Waals surface area (Å²) in [5.41, 5.74) is 4.45. The van der Waals surface area contributed by atoms with Gasteiger partial charge in [-0.1, -0.05) is 35.4 Å². The minimum absolute atomic E-state index is 0.00202. The van der Waals surface area contributed by atoms with Crippen molar-refractivity contribution >= 4 is 35.3 Å². The summed E-state index contributed by atoms with van der Waals surface area (Å²) in [6, 6.07) is 9.88. The molecule has 6 heteroatoms. The average Bonchev–Trinajstić information content (AvgIpc) is 2.74. The first-order valence-electron chi connectivity index (χ1n) is 9.75. The predicted octanol–water partition coefficient (Wildman–Crippen LogP) is 4.03. The summed E-state index contributed by atoms with van der Waals surface area (Å²) in [6.07, 6.45) is 10.1. The van der Waals surface area contributed by atoms with E-state index in [0.717, 1.165) is 35.5 Å². The van der Waals surface area contributed by atoms with Crippen LogP contribution in [-0.2, 0) is 22.4 Å². The summed E-state index contributed by atoms with van der Waals surface area (Å²) in [7, 11) is 0. The molecule has 0 saturated carbocycles. The van der Waals surface area contributed by atoms with Gasteiger partial charge < -0.3 is 10.2 Å². The first kappa shape index (κ1) is 19.4. The summed E-state index contributed by atoms with van der Waals surface area (Å²) in [5.74, 6) is 0.619. The highest BCUT2D eigenvalue weighted by Gasteiger charge is 2.17. The molecule has 2 aliphatic rings. The van der Waals surface area contributed by atoms with E-state index in [1.807, 2.05) is 35.2 Å². The van der Waals surface area contributed by atoms with Crippen LogP contribution in [-0.4, -0.2) is 34.8 Å². The molecule has 2 amide bonds. The highest BCUT2D eigenvalue weighted by atomic mass is 35.5. The zero-order valence-electron chi connectivity index (χ0n) is 16.0. The summed E-state index contributed by atoms with van der Waals surface area (Å²) >= 11 is 5.94. The van der Waals surface area contributed by atoms with Gasteiger partial charge in [-0.2, -0.15) is 0 Å². The normalized spacial score (nSPS) is 16.4. The van der Waals surface area contributed by atoms with Crippen LogP contribution in [0.4, 0.5) is 5.82 Å². The molecule has 5 nitrogen and oxygen atoms in total. The SMILES string of the molecule is O=C1CCc2cc(C=CC(=O)N3CC=C(Cc4ccc(Cl)cc4)CC3)cnc2N1. The Morgan fingerprint density at radius 1 is 1.21 bits per heavy atom. The number of benzene rings is 1. The van der Waals surface area contributed by atoms with Gasteiger partial charge in [-0.15, -0.1) is 0 Å². The van der Waals surface area contributed by atoms with E-state index >= 15 is 0 Å². The first-order valence-corrected chi connectivity index (χ1v) is 10.1. The minimum Gasteiger partial charge on any atom is -0.335 e. The van der Waals surface area contributed by atoms with Crippen molar-refractivity contribution in [1.29, 1.82) is 0 Å². The molecular formula is C23H22ClN3O2. The number of hydrogen-bond acceptors (Lipinski definition) is 3. The van der Waals surface area contributed by atoms with E-state index in [1.54, 1.807) is 18.3 Å². The van der Waals surface area contributed by atoms with Crippen molar-refractivity contribution in [3.05, 3.63) is 76.0 Å². The number of halogens is 1. The number of hydrogen-bond donors (Lipinski definition) is 1. The quantitative estimate of drug-likeness (QED) is 0.614. The summed E-state index contributed by atoms with van der Waals surface area (Å²) in [5, 5.41) is 3.51. The van der Waals surface area contributed by atoms with Crippen LogP contribution >= 0.6 is 11.6 Å². The van der Waals surface area contributed by atoms with Crippen molar-refractivity contribution in [2.45, 2.75) is 25.7 Å². The topological polar surface area (TPSA) is 62.3 Å². The minimum atomic E-state index is -0.00273. The van der Waals surface area contributed by atoms with Gasteiger partial charge in [0.2, 0.25) is 11.8 Å². The molecule has 0 saturated heterocycles. The van der Waals surface area contributed by atoms with Crippen LogP contribution in [0.3, 0.4) is 0 Å². The largest absolute Gasteiger partial charge is 0.335 e. The van der Waals surface area contributed by atoms with Gasteiger partial charge in [-0.05, 0) is 60.2 Å². The van der Waals surface area contributed by atoms with Crippen molar-refractivity contribution in [1.82, 2.24) is 9.88 Å². The maximum absolute atomic E-state index is 12.5. The number of carbonyl (C=O) groups excluding carboxylic acids is 2. The van der Waals surface area contributed by atoms with E-state index in [-0.39, 0.29) is 11.8 Å². The number of nitrogens with zero attached hydrogens (tertiary/aromatic N) is 2. The number of nitrogens with one attached hydrogen (secondary N) is 1. The Hall–Kier alpha value is -2.92. The number of amides is 2. The highest BCUT2D eigenvalue weighted by molar-refractivity contribution is 6.30. The van der Waals surface area contributed by atoms with E-state index in [1.165, 1.54) is 11.1 Å². The van der Waals surface area contributed by atoms with Gasteiger partial charge in [-0.25, -0.2) is 4.98 Å². The van der Waals surface area contributed by atoms with Crippen LogP contribution in [0.5, 0.6) is 0 Å². The Kier molecular flexibility index (Phi) is 5.76. The molecule has 0 fully saturated rings. The van der Waals surface area contributed by atoms with Gasteiger partial charge in [0.15, 0.2) is 0 Å².